The highest BCUT2D eigenvalue weighted by Gasteiger charge is 2.31. The number of sulfonamides is 1. The Hall–Kier alpha value is -1.85. The van der Waals surface area contributed by atoms with Gasteiger partial charge in [0.15, 0.2) is 0 Å². The molecule has 0 saturated carbocycles. The van der Waals surface area contributed by atoms with E-state index in [1.165, 1.54) is 6.42 Å². The Kier molecular flexibility index (Phi) is 8.29. The van der Waals surface area contributed by atoms with Crippen molar-refractivity contribution in [2.45, 2.75) is 37.4 Å². The summed E-state index contributed by atoms with van der Waals surface area (Å²) >= 11 is 0. The van der Waals surface area contributed by atoms with Crippen LogP contribution < -0.4 is 14.8 Å². The molecule has 164 valence electrons. The van der Waals surface area contributed by atoms with Gasteiger partial charge in [-0.15, -0.1) is 13.2 Å². The number of benzene rings is 1. The molecule has 2 N–H and O–H groups in total. The Bertz CT molecular complexity index is 770. The van der Waals surface area contributed by atoms with E-state index < -0.39 is 22.1 Å². The van der Waals surface area contributed by atoms with E-state index in [-0.39, 0.29) is 23.8 Å². The van der Waals surface area contributed by atoms with Crippen molar-refractivity contribution < 1.29 is 31.1 Å². The summed E-state index contributed by atoms with van der Waals surface area (Å²) in [5, 5.41) is 2.76. The minimum Gasteiger partial charge on any atom is -0.406 e. The van der Waals surface area contributed by atoms with Crippen LogP contribution in [0.3, 0.4) is 0 Å². The third kappa shape index (κ3) is 8.58. The molecular formula is C18H26F3N3O4S. The number of hydrogen-bond donors (Lipinski definition) is 2. The highest BCUT2D eigenvalue weighted by atomic mass is 32.2. The zero-order valence-corrected chi connectivity index (χ0v) is 17.0. The lowest BCUT2D eigenvalue weighted by Gasteiger charge is -2.30. The van der Waals surface area contributed by atoms with E-state index in [1.54, 1.807) is 0 Å². The third-order valence-electron chi connectivity index (χ3n) is 4.50. The summed E-state index contributed by atoms with van der Waals surface area (Å²) in [4.78, 5) is 13.9. The van der Waals surface area contributed by atoms with E-state index in [2.05, 4.69) is 26.6 Å². The molecule has 2 rings (SSSR count). The second-order valence-electron chi connectivity index (χ2n) is 7.06. The van der Waals surface area contributed by atoms with Crippen LogP contribution in [0.2, 0.25) is 0 Å². The Morgan fingerprint density at radius 1 is 1.24 bits per heavy atom. The molecule has 0 aromatic heterocycles. The number of amides is 1. The van der Waals surface area contributed by atoms with E-state index in [4.69, 9.17) is 0 Å². The molecule has 0 bridgehead atoms. The number of carbonyl (C=O) groups is 1. The van der Waals surface area contributed by atoms with Gasteiger partial charge in [0.1, 0.15) is 5.75 Å². The number of likely N-dealkylation sites (tertiary alicyclic amines) is 1. The maximum absolute atomic E-state index is 12.1. The maximum Gasteiger partial charge on any atom is 0.573 e. The smallest absolute Gasteiger partial charge is 0.406 e. The number of ether oxygens (including phenoxy) is 1. The minimum absolute atomic E-state index is 0.0368. The first kappa shape index (κ1) is 23.4. The quantitative estimate of drug-likeness (QED) is 0.618. The Balaban J connectivity index is 1.70. The minimum atomic E-state index is -4.85. The predicted molar refractivity (Wildman–Crippen MR) is 101 cm³/mol. The van der Waals surface area contributed by atoms with Crippen LogP contribution in [0.4, 0.5) is 13.2 Å². The Morgan fingerprint density at radius 2 is 1.93 bits per heavy atom. The zero-order chi connectivity index (χ0) is 21.5. The number of rotatable bonds is 9. The molecule has 7 nitrogen and oxygen atoms in total. The summed E-state index contributed by atoms with van der Waals surface area (Å²) < 4.78 is 66.7. The maximum atomic E-state index is 12.1. The van der Waals surface area contributed by atoms with Gasteiger partial charge in [0.05, 0.1) is 4.90 Å². The van der Waals surface area contributed by atoms with Crippen molar-refractivity contribution in [2.24, 2.45) is 5.92 Å². The number of alkyl halides is 3. The number of halogens is 3. The second-order valence-corrected chi connectivity index (χ2v) is 8.83. The van der Waals surface area contributed by atoms with Crippen LogP contribution in [0.1, 0.15) is 26.2 Å². The molecule has 1 atom stereocenters. The van der Waals surface area contributed by atoms with E-state index in [0.717, 1.165) is 50.3 Å². The summed E-state index contributed by atoms with van der Waals surface area (Å²) in [5.74, 6) is -0.131. The van der Waals surface area contributed by atoms with Gasteiger partial charge >= 0.3 is 6.36 Å². The van der Waals surface area contributed by atoms with Crippen molar-refractivity contribution in [3.63, 3.8) is 0 Å². The molecule has 1 heterocycles. The van der Waals surface area contributed by atoms with Gasteiger partial charge in [0.2, 0.25) is 15.9 Å². The standard InChI is InChI=1S/C18H26F3N3O4S/c1-14-3-2-11-24(13-14)12-10-22-17(25)8-9-23-29(26,27)16-6-4-15(5-7-16)28-18(19,20)21/h4-7,14,23H,2-3,8-13H2,1H3,(H,22,25). The molecule has 0 aliphatic carbocycles. The van der Waals surface area contributed by atoms with E-state index in [1.807, 2.05) is 0 Å². The average Bonchev–Trinajstić information content (AvgIpc) is 2.61. The van der Waals surface area contributed by atoms with Crippen LogP contribution >= 0.6 is 0 Å². The van der Waals surface area contributed by atoms with Crippen molar-refractivity contribution >= 4 is 15.9 Å². The molecule has 1 unspecified atom stereocenters. The largest absolute Gasteiger partial charge is 0.573 e. The van der Waals surface area contributed by atoms with Gasteiger partial charge in [-0.1, -0.05) is 6.92 Å². The first-order valence-corrected chi connectivity index (χ1v) is 10.9. The number of carbonyl (C=O) groups excluding carboxylic acids is 1. The molecule has 11 heteroatoms. The highest BCUT2D eigenvalue weighted by Crippen LogP contribution is 2.23. The molecule has 1 aromatic rings. The lowest BCUT2D eigenvalue weighted by atomic mass is 10.0. The van der Waals surface area contributed by atoms with Crippen LogP contribution in [0.15, 0.2) is 29.2 Å². The van der Waals surface area contributed by atoms with Gasteiger partial charge in [-0.2, -0.15) is 0 Å². The molecule has 0 radical (unpaired) electrons. The fourth-order valence-corrected chi connectivity index (χ4v) is 4.17. The SMILES string of the molecule is CC1CCCN(CCNC(=O)CCNS(=O)(=O)c2ccc(OC(F)(F)F)cc2)C1. The topological polar surface area (TPSA) is 87.7 Å². The molecule has 1 amide bonds. The third-order valence-corrected chi connectivity index (χ3v) is 5.98. The van der Waals surface area contributed by atoms with Crippen molar-refractivity contribution in [3.05, 3.63) is 24.3 Å². The van der Waals surface area contributed by atoms with E-state index >= 15 is 0 Å². The summed E-state index contributed by atoms with van der Waals surface area (Å²) in [7, 11) is -3.94. The molecular weight excluding hydrogens is 411 g/mol. The number of hydrogen-bond acceptors (Lipinski definition) is 5. The number of nitrogens with zero attached hydrogens (tertiary/aromatic N) is 1. The Morgan fingerprint density at radius 3 is 2.55 bits per heavy atom. The highest BCUT2D eigenvalue weighted by molar-refractivity contribution is 7.89. The molecule has 1 fully saturated rings. The van der Waals surface area contributed by atoms with Gasteiger partial charge < -0.3 is 15.0 Å². The molecule has 1 aliphatic rings. The zero-order valence-electron chi connectivity index (χ0n) is 16.2. The van der Waals surface area contributed by atoms with E-state index in [0.29, 0.717) is 12.5 Å². The monoisotopic (exact) mass is 437 g/mol. The van der Waals surface area contributed by atoms with Gasteiger partial charge in [0, 0.05) is 32.6 Å². The molecule has 1 aromatic carbocycles. The molecule has 29 heavy (non-hydrogen) atoms. The first-order valence-electron chi connectivity index (χ1n) is 9.40. The van der Waals surface area contributed by atoms with Gasteiger partial charge in [0.25, 0.3) is 0 Å². The summed E-state index contributed by atoms with van der Waals surface area (Å²) in [6.45, 7) is 5.38. The van der Waals surface area contributed by atoms with Crippen LogP contribution in [0.25, 0.3) is 0 Å². The van der Waals surface area contributed by atoms with Gasteiger partial charge in [-0.05, 0) is 49.6 Å². The van der Waals surface area contributed by atoms with Crippen LogP contribution in [0, 0.1) is 5.92 Å². The van der Waals surface area contributed by atoms with Crippen LogP contribution in [0.5, 0.6) is 5.75 Å². The summed E-state index contributed by atoms with van der Waals surface area (Å²) in [6, 6.07) is 3.83. The Labute approximate surface area is 168 Å². The molecule has 1 aliphatic heterocycles. The summed E-state index contributed by atoms with van der Waals surface area (Å²) in [5.41, 5.74) is 0. The van der Waals surface area contributed by atoms with Crippen molar-refractivity contribution in [3.8, 4) is 5.75 Å². The second kappa shape index (κ2) is 10.3. The summed E-state index contributed by atoms with van der Waals surface area (Å²) in [6.07, 6.45) is -2.51. The fraction of sp³-hybridized carbons (Fsp3) is 0.611. The van der Waals surface area contributed by atoms with Gasteiger partial charge in [-0.25, -0.2) is 13.1 Å². The predicted octanol–water partition coefficient (Wildman–Crippen LogP) is 2.10. The average molecular weight is 437 g/mol. The van der Waals surface area contributed by atoms with Crippen molar-refractivity contribution in [1.82, 2.24) is 14.9 Å². The van der Waals surface area contributed by atoms with E-state index in [9.17, 15) is 26.4 Å². The number of nitrogens with one attached hydrogen (secondary N) is 2. The van der Waals surface area contributed by atoms with Crippen molar-refractivity contribution in [1.29, 1.82) is 0 Å². The lowest BCUT2D eigenvalue weighted by molar-refractivity contribution is -0.274. The lowest BCUT2D eigenvalue weighted by Crippen LogP contribution is -2.40. The fourth-order valence-electron chi connectivity index (χ4n) is 3.13. The molecule has 0 spiro atoms. The van der Waals surface area contributed by atoms with Gasteiger partial charge in [-0.3, -0.25) is 4.79 Å². The van der Waals surface area contributed by atoms with Crippen molar-refractivity contribution in [2.75, 3.05) is 32.7 Å². The van der Waals surface area contributed by atoms with Crippen LogP contribution in [-0.2, 0) is 14.8 Å². The first-order chi connectivity index (χ1) is 13.5. The van der Waals surface area contributed by atoms with Crippen LogP contribution in [-0.4, -0.2) is 58.3 Å². The molecule has 1 saturated heterocycles. The number of piperidine rings is 1. The normalized spacial score (nSPS) is 18.4.